The van der Waals surface area contributed by atoms with E-state index in [-0.39, 0.29) is 18.8 Å². The summed E-state index contributed by atoms with van der Waals surface area (Å²) in [6, 6.07) is 9.75. The molecule has 3 N–H and O–H groups in total. The Kier molecular flexibility index (Phi) is 7.07. The highest BCUT2D eigenvalue weighted by molar-refractivity contribution is 7.87. The minimum atomic E-state index is -3.90. The number of hydrogen-bond donors (Lipinski definition) is 2. The molecular formula is C25H31N5O5S. The van der Waals surface area contributed by atoms with Gasteiger partial charge in [0.25, 0.3) is 10.2 Å². The quantitative estimate of drug-likeness (QED) is 0.498. The largest absolute Gasteiger partial charge is 0.493 e. The average Bonchev–Trinajstić information content (AvgIpc) is 2.81. The predicted molar refractivity (Wildman–Crippen MR) is 138 cm³/mol. The van der Waals surface area contributed by atoms with Gasteiger partial charge in [-0.25, -0.2) is 19.6 Å². The molecule has 3 aromatic rings. The van der Waals surface area contributed by atoms with Crippen LogP contribution in [-0.4, -0.2) is 38.3 Å². The van der Waals surface area contributed by atoms with Gasteiger partial charge in [0.2, 0.25) is 0 Å². The van der Waals surface area contributed by atoms with Crippen molar-refractivity contribution in [1.82, 2.24) is 13.9 Å². The molecule has 0 saturated heterocycles. The summed E-state index contributed by atoms with van der Waals surface area (Å²) in [5, 5.41) is 5.09. The number of benzene rings is 2. The lowest BCUT2D eigenvalue weighted by Crippen LogP contribution is -2.44. The van der Waals surface area contributed by atoms with Crippen LogP contribution in [0.4, 0.5) is 5.69 Å². The third-order valence-electron chi connectivity index (χ3n) is 6.29. The number of fused-ring (bicyclic) bond motifs is 3. The van der Waals surface area contributed by atoms with Crippen LogP contribution in [0.15, 0.2) is 40.1 Å². The first kappa shape index (κ1) is 25.7. The fourth-order valence-corrected chi connectivity index (χ4v) is 5.10. The molecule has 4 rings (SSSR count). The molecule has 2 aromatic carbocycles. The number of nitrogens with one attached hydrogen (secondary N) is 1. The molecule has 11 heteroatoms. The molecule has 0 spiro atoms. The van der Waals surface area contributed by atoms with Gasteiger partial charge in [-0.2, -0.15) is 8.42 Å². The summed E-state index contributed by atoms with van der Waals surface area (Å²) in [6.45, 7) is 6.45. The molecule has 1 aromatic heterocycles. The van der Waals surface area contributed by atoms with Crippen LogP contribution in [0.25, 0.3) is 11.3 Å². The summed E-state index contributed by atoms with van der Waals surface area (Å²) in [5.74, 6) is 1.19. The van der Waals surface area contributed by atoms with Crippen molar-refractivity contribution in [3.63, 3.8) is 0 Å². The molecule has 0 unspecified atom stereocenters. The number of methoxy groups -OCH3 is 2. The van der Waals surface area contributed by atoms with Gasteiger partial charge in [-0.05, 0) is 56.0 Å². The second-order valence-corrected chi connectivity index (χ2v) is 10.3. The minimum absolute atomic E-state index is 0.0475. The number of nitrogens with two attached hydrogens (primary N) is 1. The number of rotatable bonds is 7. The Morgan fingerprint density at radius 2 is 1.67 bits per heavy atom. The van der Waals surface area contributed by atoms with Gasteiger partial charge < -0.3 is 9.47 Å². The Labute approximate surface area is 210 Å². The molecule has 10 nitrogen and oxygen atoms in total. The molecule has 0 fully saturated rings. The number of hydrogen-bond acceptors (Lipinski definition) is 6. The highest BCUT2D eigenvalue weighted by Crippen LogP contribution is 2.37. The summed E-state index contributed by atoms with van der Waals surface area (Å²) in [7, 11) is -0.736. The molecule has 192 valence electrons. The van der Waals surface area contributed by atoms with Crippen LogP contribution in [0.1, 0.15) is 22.3 Å². The molecule has 36 heavy (non-hydrogen) atoms. The van der Waals surface area contributed by atoms with E-state index in [1.807, 2.05) is 51.1 Å². The van der Waals surface area contributed by atoms with E-state index in [0.717, 1.165) is 33.5 Å². The summed E-state index contributed by atoms with van der Waals surface area (Å²) < 4.78 is 39.2. The molecule has 0 radical (unpaired) electrons. The lowest BCUT2D eigenvalue weighted by atomic mass is 9.97. The zero-order valence-corrected chi connectivity index (χ0v) is 21.9. The van der Waals surface area contributed by atoms with Gasteiger partial charge in [-0.15, -0.1) is 0 Å². The van der Waals surface area contributed by atoms with Gasteiger partial charge in [0.15, 0.2) is 11.5 Å². The van der Waals surface area contributed by atoms with E-state index in [0.29, 0.717) is 35.6 Å². The second-order valence-electron chi connectivity index (χ2n) is 8.89. The normalized spacial score (nSPS) is 13.3. The van der Waals surface area contributed by atoms with Gasteiger partial charge in [0, 0.05) is 31.3 Å². The number of aromatic nitrogens is 2. The van der Waals surface area contributed by atoms with Crippen LogP contribution in [0.2, 0.25) is 0 Å². The molecule has 0 bridgehead atoms. The SMILES string of the molecule is COc1cc2c(cc1OC)-c1cc(=Nc3c(C)cc(C)cc3C)n(CCNS(N)(=O)=O)c(=O)n1CC2. The lowest BCUT2D eigenvalue weighted by molar-refractivity contribution is 0.354. The Hall–Kier alpha value is -3.41. The van der Waals surface area contributed by atoms with Gasteiger partial charge >= 0.3 is 5.69 Å². The zero-order chi connectivity index (χ0) is 26.2. The third-order valence-corrected chi connectivity index (χ3v) is 6.89. The number of ether oxygens (including phenoxy) is 2. The molecular weight excluding hydrogens is 482 g/mol. The van der Waals surface area contributed by atoms with Gasteiger partial charge in [0.05, 0.1) is 25.6 Å². The number of nitrogens with zero attached hydrogens (tertiary/aromatic N) is 3. The maximum atomic E-state index is 13.7. The van der Waals surface area contributed by atoms with E-state index in [9.17, 15) is 13.2 Å². The average molecular weight is 514 g/mol. The predicted octanol–water partition coefficient (Wildman–Crippen LogP) is 1.84. The molecule has 1 aliphatic heterocycles. The van der Waals surface area contributed by atoms with Crippen LogP contribution in [0.3, 0.4) is 0 Å². The highest BCUT2D eigenvalue weighted by Gasteiger charge is 2.22. The van der Waals surface area contributed by atoms with E-state index < -0.39 is 10.2 Å². The van der Waals surface area contributed by atoms with Crippen molar-refractivity contribution in [3.05, 3.63) is 68.6 Å². The summed E-state index contributed by atoms with van der Waals surface area (Å²) in [4.78, 5) is 18.6. The summed E-state index contributed by atoms with van der Waals surface area (Å²) >= 11 is 0. The minimum Gasteiger partial charge on any atom is -0.493 e. The monoisotopic (exact) mass is 513 g/mol. The summed E-state index contributed by atoms with van der Waals surface area (Å²) in [5.41, 5.74) is 6.58. The van der Waals surface area contributed by atoms with Crippen molar-refractivity contribution in [2.75, 3.05) is 20.8 Å². The van der Waals surface area contributed by atoms with E-state index in [2.05, 4.69) is 4.72 Å². The van der Waals surface area contributed by atoms with Crippen molar-refractivity contribution < 1.29 is 17.9 Å². The maximum absolute atomic E-state index is 13.7. The van der Waals surface area contributed by atoms with E-state index in [1.54, 1.807) is 18.8 Å². The van der Waals surface area contributed by atoms with Crippen molar-refractivity contribution in [3.8, 4) is 22.8 Å². The van der Waals surface area contributed by atoms with Crippen LogP contribution in [0.5, 0.6) is 11.5 Å². The van der Waals surface area contributed by atoms with Gasteiger partial charge in [-0.1, -0.05) is 17.7 Å². The Morgan fingerprint density at radius 1 is 1.03 bits per heavy atom. The van der Waals surface area contributed by atoms with Crippen molar-refractivity contribution in [2.45, 2.75) is 40.3 Å². The molecule has 0 amide bonds. The smallest absolute Gasteiger partial charge is 0.330 e. The first-order valence-electron chi connectivity index (χ1n) is 11.5. The van der Waals surface area contributed by atoms with Crippen molar-refractivity contribution >= 4 is 15.9 Å². The zero-order valence-electron chi connectivity index (χ0n) is 21.1. The van der Waals surface area contributed by atoms with E-state index in [4.69, 9.17) is 19.6 Å². The Bertz CT molecular complexity index is 1550. The van der Waals surface area contributed by atoms with Gasteiger partial charge in [-0.3, -0.25) is 9.13 Å². The van der Waals surface area contributed by atoms with Crippen LogP contribution >= 0.6 is 0 Å². The highest BCUT2D eigenvalue weighted by atomic mass is 32.2. The Morgan fingerprint density at radius 3 is 2.28 bits per heavy atom. The van der Waals surface area contributed by atoms with E-state index >= 15 is 0 Å². The van der Waals surface area contributed by atoms with Crippen LogP contribution in [-0.2, 0) is 29.7 Å². The summed E-state index contributed by atoms with van der Waals surface area (Å²) in [6.07, 6.45) is 0.630. The van der Waals surface area contributed by atoms with Crippen LogP contribution < -0.4 is 30.5 Å². The van der Waals surface area contributed by atoms with Gasteiger partial charge in [0.1, 0.15) is 5.49 Å². The van der Waals surface area contributed by atoms with Crippen LogP contribution in [0, 0.1) is 20.8 Å². The first-order valence-corrected chi connectivity index (χ1v) is 13.1. The van der Waals surface area contributed by atoms with Crippen molar-refractivity contribution in [2.24, 2.45) is 10.1 Å². The molecule has 0 atom stereocenters. The first-order chi connectivity index (χ1) is 17.0. The molecule has 0 saturated carbocycles. The Balaban J connectivity index is 1.98. The standard InChI is InChI=1S/C25H31N5O5S/c1-15-10-16(2)24(17(3)11-15)28-23-14-20-19-13-22(35-5)21(34-4)12-18(19)6-8-29(20)25(31)30(23)9-7-27-36(26,32)33/h10-14,27H,6-9H2,1-5H3,(H2,26,32,33). The van der Waals surface area contributed by atoms with Crippen molar-refractivity contribution in [1.29, 1.82) is 0 Å². The molecule has 1 aliphatic rings. The van der Waals surface area contributed by atoms with E-state index in [1.165, 1.54) is 4.57 Å². The molecule has 0 aliphatic carbocycles. The molecule has 2 heterocycles. The maximum Gasteiger partial charge on any atom is 0.330 e. The lowest BCUT2D eigenvalue weighted by Gasteiger charge is -2.24. The number of aryl methyl sites for hydroxylation is 4. The topological polar surface area (TPSA) is 130 Å². The fraction of sp³-hybridized carbons (Fsp3) is 0.360. The third kappa shape index (κ3) is 5.08. The second kappa shape index (κ2) is 9.92. The fourth-order valence-electron chi connectivity index (χ4n) is 4.73.